The fraction of sp³-hybridized carbons (Fsp3) is 0.458. The van der Waals surface area contributed by atoms with E-state index in [1.807, 2.05) is 36.9 Å². The Labute approximate surface area is 164 Å². The van der Waals surface area contributed by atoms with Crippen LogP contribution in [0.2, 0.25) is 0 Å². The Morgan fingerprint density at radius 3 is 2.11 bits per heavy atom. The summed E-state index contributed by atoms with van der Waals surface area (Å²) in [6.07, 6.45) is 1.13. The summed E-state index contributed by atoms with van der Waals surface area (Å²) in [4.78, 5) is 14.1. The average Bonchev–Trinajstić information content (AvgIpc) is 2.62. The average molecular weight is 368 g/mol. The second-order valence-electron chi connectivity index (χ2n) is 7.80. The van der Waals surface area contributed by atoms with E-state index >= 15 is 0 Å². The van der Waals surface area contributed by atoms with Crippen LogP contribution in [0.5, 0.6) is 5.75 Å². The van der Waals surface area contributed by atoms with Crippen molar-refractivity contribution in [2.45, 2.75) is 59.6 Å². The van der Waals surface area contributed by atoms with Gasteiger partial charge in [-0.1, -0.05) is 56.3 Å². The summed E-state index contributed by atoms with van der Waals surface area (Å²) in [7, 11) is 0. The van der Waals surface area contributed by atoms with Gasteiger partial charge in [0.15, 0.2) is 0 Å². The Bertz CT molecular complexity index is 692. The van der Waals surface area contributed by atoms with Crippen LogP contribution in [0.15, 0.2) is 54.6 Å². The van der Waals surface area contributed by atoms with Crippen molar-refractivity contribution >= 4 is 5.91 Å². The maximum atomic E-state index is 12.1. The lowest BCUT2D eigenvalue weighted by Crippen LogP contribution is -2.30. The Hall–Kier alpha value is -2.29. The summed E-state index contributed by atoms with van der Waals surface area (Å²) in [5.74, 6) is 1.95. The molecule has 1 amide bonds. The van der Waals surface area contributed by atoms with Crippen LogP contribution >= 0.6 is 0 Å². The molecule has 2 aromatic carbocycles. The molecule has 0 radical (unpaired) electrons. The third kappa shape index (κ3) is 6.74. The van der Waals surface area contributed by atoms with Gasteiger partial charge in [-0.05, 0) is 55.4 Å². The largest absolute Gasteiger partial charge is 0.491 e. The number of nitrogens with zero attached hydrogens (tertiary/aromatic N) is 1. The molecular formula is C24H33NO2. The number of amides is 1. The van der Waals surface area contributed by atoms with Gasteiger partial charge in [0.25, 0.3) is 0 Å². The van der Waals surface area contributed by atoms with Crippen molar-refractivity contribution in [1.29, 1.82) is 0 Å². The Morgan fingerprint density at radius 1 is 0.963 bits per heavy atom. The first-order valence-electron chi connectivity index (χ1n) is 9.93. The molecular weight excluding hydrogens is 334 g/mol. The van der Waals surface area contributed by atoms with Gasteiger partial charge in [-0.3, -0.25) is 4.79 Å². The second kappa shape index (κ2) is 10.1. The van der Waals surface area contributed by atoms with E-state index in [0.717, 1.165) is 18.7 Å². The van der Waals surface area contributed by atoms with Gasteiger partial charge in [-0.25, -0.2) is 0 Å². The molecule has 0 bridgehead atoms. The highest BCUT2D eigenvalue weighted by Crippen LogP contribution is 2.30. The van der Waals surface area contributed by atoms with Crippen molar-refractivity contribution in [3.63, 3.8) is 0 Å². The summed E-state index contributed by atoms with van der Waals surface area (Å²) in [5, 5.41) is 0. The zero-order valence-corrected chi connectivity index (χ0v) is 17.3. The first-order valence-corrected chi connectivity index (χ1v) is 9.93. The van der Waals surface area contributed by atoms with Crippen molar-refractivity contribution in [2.75, 3.05) is 6.54 Å². The maximum absolute atomic E-state index is 12.1. The van der Waals surface area contributed by atoms with Crippen LogP contribution in [0.1, 0.15) is 58.1 Å². The van der Waals surface area contributed by atoms with Gasteiger partial charge >= 0.3 is 0 Å². The Balaban J connectivity index is 2.04. The summed E-state index contributed by atoms with van der Waals surface area (Å²) in [5.41, 5.74) is 2.48. The fourth-order valence-corrected chi connectivity index (χ4v) is 3.40. The number of ether oxygens (including phenoxy) is 1. The zero-order chi connectivity index (χ0) is 19.8. The summed E-state index contributed by atoms with van der Waals surface area (Å²) in [6, 6.07) is 18.6. The van der Waals surface area contributed by atoms with Crippen molar-refractivity contribution in [2.24, 2.45) is 5.92 Å². The molecule has 0 spiro atoms. The van der Waals surface area contributed by atoms with Gasteiger partial charge in [0, 0.05) is 20.0 Å². The van der Waals surface area contributed by atoms with E-state index in [1.54, 1.807) is 6.92 Å². The minimum atomic E-state index is 0.127. The predicted molar refractivity (Wildman–Crippen MR) is 112 cm³/mol. The molecule has 1 atom stereocenters. The molecule has 2 rings (SSSR count). The predicted octanol–water partition coefficient (Wildman–Crippen LogP) is 5.65. The number of benzene rings is 2. The topological polar surface area (TPSA) is 29.5 Å². The highest BCUT2D eigenvalue weighted by atomic mass is 16.5. The number of rotatable bonds is 9. The molecule has 0 N–H and O–H groups in total. The number of hydrogen-bond donors (Lipinski definition) is 0. The van der Waals surface area contributed by atoms with Crippen LogP contribution in [0.4, 0.5) is 0 Å². The van der Waals surface area contributed by atoms with Gasteiger partial charge < -0.3 is 9.64 Å². The van der Waals surface area contributed by atoms with Crippen LogP contribution in [0, 0.1) is 5.92 Å². The lowest BCUT2D eigenvalue weighted by Gasteiger charge is -2.27. The minimum Gasteiger partial charge on any atom is -0.491 e. The van der Waals surface area contributed by atoms with E-state index in [-0.39, 0.29) is 12.0 Å². The van der Waals surface area contributed by atoms with Gasteiger partial charge in [0.05, 0.1) is 6.10 Å². The third-order valence-electron chi connectivity index (χ3n) is 4.86. The van der Waals surface area contributed by atoms with Crippen LogP contribution in [0.3, 0.4) is 0 Å². The van der Waals surface area contributed by atoms with Crippen LogP contribution in [-0.4, -0.2) is 23.5 Å². The molecule has 3 nitrogen and oxygen atoms in total. The van der Waals surface area contributed by atoms with Crippen LogP contribution in [0.25, 0.3) is 0 Å². The summed E-state index contributed by atoms with van der Waals surface area (Å²) >= 11 is 0. The van der Waals surface area contributed by atoms with Crippen molar-refractivity contribution in [1.82, 2.24) is 4.90 Å². The molecule has 146 valence electrons. The Morgan fingerprint density at radius 2 is 1.59 bits per heavy atom. The normalized spacial score (nSPS) is 12.3. The van der Waals surface area contributed by atoms with E-state index in [4.69, 9.17) is 4.74 Å². The van der Waals surface area contributed by atoms with Crippen molar-refractivity contribution in [3.05, 3.63) is 65.7 Å². The molecule has 0 aromatic heterocycles. The van der Waals surface area contributed by atoms with E-state index < -0.39 is 0 Å². The lowest BCUT2D eigenvalue weighted by molar-refractivity contribution is -0.129. The smallest absolute Gasteiger partial charge is 0.219 e. The molecule has 0 unspecified atom stereocenters. The Kier molecular flexibility index (Phi) is 7.90. The summed E-state index contributed by atoms with van der Waals surface area (Å²) in [6.45, 7) is 11.7. The maximum Gasteiger partial charge on any atom is 0.219 e. The standard InChI is InChI=1S/C24H33NO2/c1-18(2)24(22-11-13-23(14-12-22)27-19(3)4)15-16-25(20(5)26)17-21-9-7-6-8-10-21/h6-14,18-19,24H,15-17H2,1-5H3/t24-/m0/s1. The van der Waals surface area contributed by atoms with Crippen molar-refractivity contribution < 1.29 is 9.53 Å². The molecule has 2 aromatic rings. The SMILES string of the molecule is CC(=O)N(CC[C@H](c1ccc(OC(C)C)cc1)C(C)C)Cc1ccccc1. The van der Waals surface area contributed by atoms with E-state index in [1.165, 1.54) is 11.1 Å². The third-order valence-corrected chi connectivity index (χ3v) is 4.86. The highest BCUT2D eigenvalue weighted by Gasteiger charge is 2.19. The molecule has 0 saturated carbocycles. The van der Waals surface area contributed by atoms with Gasteiger partial charge in [-0.2, -0.15) is 0 Å². The van der Waals surface area contributed by atoms with Gasteiger partial charge in [0.1, 0.15) is 5.75 Å². The second-order valence-corrected chi connectivity index (χ2v) is 7.80. The summed E-state index contributed by atoms with van der Waals surface area (Å²) < 4.78 is 5.75. The fourth-order valence-electron chi connectivity index (χ4n) is 3.40. The van der Waals surface area contributed by atoms with E-state index in [0.29, 0.717) is 18.4 Å². The molecule has 0 aliphatic carbocycles. The molecule has 27 heavy (non-hydrogen) atoms. The molecule has 0 heterocycles. The number of carbonyl (C=O) groups is 1. The molecule has 0 aliphatic rings. The molecule has 3 heteroatoms. The minimum absolute atomic E-state index is 0.127. The zero-order valence-electron chi connectivity index (χ0n) is 17.3. The molecule has 0 fully saturated rings. The number of hydrogen-bond acceptors (Lipinski definition) is 2. The monoisotopic (exact) mass is 367 g/mol. The van der Waals surface area contributed by atoms with Crippen LogP contribution in [-0.2, 0) is 11.3 Å². The number of carbonyl (C=O) groups excluding carboxylic acids is 1. The lowest BCUT2D eigenvalue weighted by atomic mass is 9.85. The van der Waals surface area contributed by atoms with Crippen molar-refractivity contribution in [3.8, 4) is 5.75 Å². The van der Waals surface area contributed by atoms with E-state index in [9.17, 15) is 4.79 Å². The van der Waals surface area contributed by atoms with Gasteiger partial charge in [0.2, 0.25) is 5.91 Å². The van der Waals surface area contributed by atoms with E-state index in [2.05, 4.69) is 50.2 Å². The van der Waals surface area contributed by atoms with Crippen LogP contribution < -0.4 is 4.74 Å². The first kappa shape index (κ1) is 21.0. The highest BCUT2D eigenvalue weighted by molar-refractivity contribution is 5.73. The quantitative estimate of drug-likeness (QED) is 0.573. The van der Waals surface area contributed by atoms with Gasteiger partial charge in [-0.15, -0.1) is 0 Å². The first-order chi connectivity index (χ1) is 12.9. The molecule has 0 aliphatic heterocycles. The molecule has 0 saturated heterocycles.